The normalized spacial score (nSPS) is 25.6. The van der Waals surface area contributed by atoms with Crippen molar-refractivity contribution in [3.05, 3.63) is 0 Å². The number of likely N-dealkylation sites (tertiary alicyclic amines) is 1. The van der Waals surface area contributed by atoms with Crippen molar-refractivity contribution in [2.45, 2.75) is 56.7 Å². The molecule has 1 aliphatic rings. The molecule has 0 aliphatic carbocycles. The van der Waals surface area contributed by atoms with Crippen molar-refractivity contribution in [3.63, 3.8) is 0 Å². The lowest BCUT2D eigenvalue weighted by molar-refractivity contribution is -0.260. The molecule has 28 heavy (non-hydrogen) atoms. The standard InChI is InChI=1S/C15H20F11NO/c1-8-3-10(14(21,22)23)5-27(4-8)9(2)12(17,18)6-28-7-13(19,20)11(16)15(24,25)26/h8-11H,3-7H2,1-2H3. The highest BCUT2D eigenvalue weighted by Crippen LogP contribution is 2.38. The third-order valence-electron chi connectivity index (χ3n) is 4.56. The molecule has 0 bridgehead atoms. The Morgan fingerprint density at radius 2 is 1.39 bits per heavy atom. The van der Waals surface area contributed by atoms with Gasteiger partial charge in [-0.2, -0.15) is 26.3 Å². The van der Waals surface area contributed by atoms with Gasteiger partial charge in [-0.3, -0.25) is 4.90 Å². The number of hydrogen-bond acceptors (Lipinski definition) is 2. The Labute approximate surface area is 154 Å². The molecular weight excluding hydrogens is 419 g/mol. The van der Waals surface area contributed by atoms with E-state index in [4.69, 9.17) is 0 Å². The van der Waals surface area contributed by atoms with E-state index in [1.807, 2.05) is 0 Å². The minimum absolute atomic E-state index is 0.111. The lowest BCUT2D eigenvalue weighted by Gasteiger charge is -2.42. The van der Waals surface area contributed by atoms with Gasteiger partial charge >= 0.3 is 18.3 Å². The van der Waals surface area contributed by atoms with Crippen molar-refractivity contribution in [1.82, 2.24) is 4.90 Å². The van der Waals surface area contributed by atoms with E-state index in [-0.39, 0.29) is 13.0 Å². The molecular formula is C15H20F11NO. The highest BCUT2D eigenvalue weighted by atomic mass is 19.4. The zero-order valence-corrected chi connectivity index (χ0v) is 14.9. The summed E-state index contributed by atoms with van der Waals surface area (Å²) in [6.45, 7) is -2.60. The van der Waals surface area contributed by atoms with Crippen LogP contribution in [-0.2, 0) is 4.74 Å². The second-order valence-electron chi connectivity index (χ2n) is 7.13. The lowest BCUT2D eigenvalue weighted by Crippen LogP contribution is -2.55. The fourth-order valence-corrected chi connectivity index (χ4v) is 2.97. The topological polar surface area (TPSA) is 12.5 Å². The van der Waals surface area contributed by atoms with Gasteiger partial charge in [-0.15, -0.1) is 0 Å². The molecule has 1 aliphatic heterocycles. The minimum Gasteiger partial charge on any atom is -0.369 e. The van der Waals surface area contributed by atoms with Crippen molar-refractivity contribution in [2.75, 3.05) is 26.3 Å². The molecule has 0 amide bonds. The average molecular weight is 439 g/mol. The molecule has 0 aromatic carbocycles. The number of alkyl halides is 11. The van der Waals surface area contributed by atoms with Gasteiger partial charge in [-0.1, -0.05) is 6.92 Å². The van der Waals surface area contributed by atoms with Gasteiger partial charge in [0.1, 0.15) is 13.2 Å². The summed E-state index contributed by atoms with van der Waals surface area (Å²) >= 11 is 0. The first kappa shape index (κ1) is 25.2. The number of rotatable bonds is 7. The second-order valence-corrected chi connectivity index (χ2v) is 7.13. The van der Waals surface area contributed by atoms with Crippen LogP contribution in [0.2, 0.25) is 0 Å². The fraction of sp³-hybridized carbons (Fsp3) is 1.00. The zero-order chi connectivity index (χ0) is 22.1. The lowest BCUT2D eigenvalue weighted by atomic mass is 9.88. The van der Waals surface area contributed by atoms with Crippen LogP contribution in [-0.4, -0.2) is 67.6 Å². The summed E-state index contributed by atoms with van der Waals surface area (Å²) in [4.78, 5) is 0.835. The number of nitrogens with zero attached hydrogens (tertiary/aromatic N) is 1. The van der Waals surface area contributed by atoms with Crippen molar-refractivity contribution in [1.29, 1.82) is 0 Å². The first-order chi connectivity index (χ1) is 12.4. The number of piperidine rings is 1. The molecule has 1 saturated heterocycles. The van der Waals surface area contributed by atoms with Crippen molar-refractivity contribution < 1.29 is 53.0 Å². The van der Waals surface area contributed by atoms with Crippen molar-refractivity contribution in [2.24, 2.45) is 11.8 Å². The van der Waals surface area contributed by atoms with Crippen molar-refractivity contribution >= 4 is 0 Å². The Bertz CT molecular complexity index is 505. The van der Waals surface area contributed by atoms with Crippen LogP contribution in [0, 0.1) is 11.8 Å². The highest BCUT2D eigenvalue weighted by molar-refractivity contribution is 4.90. The maximum atomic E-state index is 14.2. The Morgan fingerprint density at radius 3 is 1.86 bits per heavy atom. The third-order valence-corrected chi connectivity index (χ3v) is 4.56. The van der Waals surface area contributed by atoms with Gasteiger partial charge in [-0.25, -0.2) is 22.0 Å². The zero-order valence-electron chi connectivity index (χ0n) is 14.9. The Balaban J connectivity index is 2.71. The first-order valence-corrected chi connectivity index (χ1v) is 8.23. The fourth-order valence-electron chi connectivity index (χ4n) is 2.97. The van der Waals surface area contributed by atoms with Gasteiger partial charge < -0.3 is 4.74 Å². The van der Waals surface area contributed by atoms with Crippen LogP contribution >= 0.6 is 0 Å². The molecule has 4 atom stereocenters. The van der Waals surface area contributed by atoms with Crippen LogP contribution in [0.15, 0.2) is 0 Å². The van der Waals surface area contributed by atoms with E-state index in [0.717, 1.165) is 11.8 Å². The highest BCUT2D eigenvalue weighted by Gasteiger charge is 2.57. The Morgan fingerprint density at radius 1 is 0.893 bits per heavy atom. The maximum Gasteiger partial charge on any atom is 0.425 e. The summed E-state index contributed by atoms with van der Waals surface area (Å²) in [7, 11) is 0. The smallest absolute Gasteiger partial charge is 0.369 e. The minimum atomic E-state index is -5.90. The largest absolute Gasteiger partial charge is 0.425 e. The van der Waals surface area contributed by atoms with Crippen LogP contribution < -0.4 is 0 Å². The summed E-state index contributed by atoms with van der Waals surface area (Å²) in [5, 5.41) is 0. The Kier molecular flexibility index (Phi) is 7.63. The predicted octanol–water partition coefficient (Wildman–Crippen LogP) is 5.08. The summed E-state index contributed by atoms with van der Waals surface area (Å²) in [5.74, 6) is -11.5. The molecule has 0 spiro atoms. The van der Waals surface area contributed by atoms with Gasteiger partial charge in [0.2, 0.25) is 0 Å². The number of hydrogen-bond donors (Lipinski definition) is 0. The molecule has 2 nitrogen and oxygen atoms in total. The molecule has 4 unspecified atom stereocenters. The molecule has 0 N–H and O–H groups in total. The van der Waals surface area contributed by atoms with Crippen LogP contribution in [0.5, 0.6) is 0 Å². The molecule has 0 aromatic heterocycles. The quantitative estimate of drug-likeness (QED) is 0.513. The van der Waals surface area contributed by atoms with Gasteiger partial charge in [0.05, 0.1) is 12.0 Å². The average Bonchev–Trinajstić information content (AvgIpc) is 2.50. The number of halogens is 11. The number of ether oxygens (including phenoxy) is 1. The molecule has 1 heterocycles. The molecule has 0 aromatic rings. The Hall–Kier alpha value is -0.850. The summed E-state index contributed by atoms with van der Waals surface area (Å²) in [6, 6.07) is -1.86. The first-order valence-electron chi connectivity index (χ1n) is 8.23. The van der Waals surface area contributed by atoms with E-state index >= 15 is 0 Å². The summed E-state index contributed by atoms with van der Waals surface area (Å²) in [5.41, 5.74) is 0. The van der Waals surface area contributed by atoms with E-state index in [9.17, 15) is 48.3 Å². The van der Waals surface area contributed by atoms with E-state index in [1.54, 1.807) is 0 Å². The van der Waals surface area contributed by atoms with E-state index < -0.39 is 68.0 Å². The summed E-state index contributed by atoms with van der Waals surface area (Å²) in [6.07, 6.45) is -15.4. The monoisotopic (exact) mass is 439 g/mol. The van der Waals surface area contributed by atoms with Gasteiger partial charge in [-0.05, 0) is 19.3 Å². The van der Waals surface area contributed by atoms with Crippen LogP contribution in [0.1, 0.15) is 20.3 Å². The SMILES string of the molecule is CC1CC(C(F)(F)F)CN(C(C)C(F)(F)COCC(F)(F)C(F)C(F)(F)F)C1. The molecule has 168 valence electrons. The predicted molar refractivity (Wildman–Crippen MR) is 76.0 cm³/mol. The van der Waals surface area contributed by atoms with Gasteiger partial charge in [0, 0.05) is 13.1 Å². The second kappa shape index (κ2) is 8.49. The van der Waals surface area contributed by atoms with E-state index in [0.29, 0.717) is 0 Å². The van der Waals surface area contributed by atoms with Crippen LogP contribution in [0.4, 0.5) is 48.3 Å². The molecule has 1 fully saturated rings. The van der Waals surface area contributed by atoms with E-state index in [2.05, 4.69) is 4.74 Å². The molecule has 1 rings (SSSR count). The molecule has 13 heteroatoms. The van der Waals surface area contributed by atoms with Crippen molar-refractivity contribution in [3.8, 4) is 0 Å². The molecule has 0 saturated carbocycles. The van der Waals surface area contributed by atoms with Crippen LogP contribution in [0.3, 0.4) is 0 Å². The molecule has 0 radical (unpaired) electrons. The maximum absolute atomic E-state index is 14.2. The third kappa shape index (κ3) is 6.60. The van der Waals surface area contributed by atoms with Gasteiger partial charge in [0.25, 0.3) is 12.1 Å². The van der Waals surface area contributed by atoms with Gasteiger partial charge in [0.15, 0.2) is 0 Å². The van der Waals surface area contributed by atoms with E-state index in [1.165, 1.54) is 6.92 Å². The van der Waals surface area contributed by atoms with Crippen LogP contribution in [0.25, 0.3) is 0 Å². The summed E-state index contributed by atoms with van der Waals surface area (Å²) < 4.78 is 146.